The second kappa shape index (κ2) is 9.89. The number of hydrogen-bond donors (Lipinski definition) is 1. The van der Waals surface area contributed by atoms with Crippen molar-refractivity contribution in [1.29, 1.82) is 0 Å². The largest absolute Gasteiger partial charge is 0.479 e. The molecule has 2 aromatic carbocycles. The van der Waals surface area contributed by atoms with E-state index in [4.69, 9.17) is 9.47 Å². The van der Waals surface area contributed by atoms with Crippen LogP contribution in [0.15, 0.2) is 48.5 Å². The fraction of sp³-hybridized carbons (Fsp3) is 0.227. The molecule has 0 radical (unpaired) electrons. The SMILES string of the molecule is COC(=O)COc1c(C(=O)OC)sc2cc(C(=O)NCCc3ccccc3)ccc12. The molecule has 30 heavy (non-hydrogen) atoms. The van der Waals surface area contributed by atoms with E-state index < -0.39 is 11.9 Å². The predicted molar refractivity (Wildman–Crippen MR) is 113 cm³/mol. The number of ether oxygens (including phenoxy) is 3. The Kier molecular flexibility index (Phi) is 7.03. The summed E-state index contributed by atoms with van der Waals surface area (Å²) >= 11 is 1.14. The summed E-state index contributed by atoms with van der Waals surface area (Å²) in [6.07, 6.45) is 0.728. The fourth-order valence-electron chi connectivity index (χ4n) is 2.84. The molecular formula is C22H21NO6S. The minimum absolute atomic E-state index is 0.210. The second-order valence-corrected chi connectivity index (χ2v) is 7.37. The molecule has 8 heteroatoms. The summed E-state index contributed by atoms with van der Waals surface area (Å²) in [6, 6.07) is 14.9. The van der Waals surface area contributed by atoms with Gasteiger partial charge >= 0.3 is 11.9 Å². The molecule has 0 saturated carbocycles. The van der Waals surface area contributed by atoms with Crippen LogP contribution in [0.25, 0.3) is 10.1 Å². The van der Waals surface area contributed by atoms with Gasteiger partial charge in [0.1, 0.15) is 0 Å². The van der Waals surface area contributed by atoms with Crippen LogP contribution < -0.4 is 10.1 Å². The van der Waals surface area contributed by atoms with Crippen molar-refractivity contribution in [2.24, 2.45) is 0 Å². The topological polar surface area (TPSA) is 90.9 Å². The van der Waals surface area contributed by atoms with Crippen molar-refractivity contribution in [3.63, 3.8) is 0 Å². The van der Waals surface area contributed by atoms with Gasteiger partial charge in [0.05, 0.1) is 14.2 Å². The number of carbonyl (C=O) groups is 3. The summed E-state index contributed by atoms with van der Waals surface area (Å²) in [5.74, 6) is -1.12. The number of amides is 1. The second-order valence-electron chi connectivity index (χ2n) is 6.32. The Hall–Kier alpha value is -3.39. The van der Waals surface area contributed by atoms with Crippen molar-refractivity contribution in [2.75, 3.05) is 27.4 Å². The van der Waals surface area contributed by atoms with E-state index in [1.807, 2.05) is 30.3 Å². The summed E-state index contributed by atoms with van der Waals surface area (Å²) in [5, 5.41) is 3.51. The van der Waals surface area contributed by atoms with Crippen molar-refractivity contribution in [3.05, 3.63) is 64.5 Å². The molecule has 1 N–H and O–H groups in total. The number of hydrogen-bond acceptors (Lipinski definition) is 7. The Morgan fingerprint density at radius 3 is 2.47 bits per heavy atom. The van der Waals surface area contributed by atoms with Crippen LogP contribution in [0.3, 0.4) is 0 Å². The first kappa shape index (κ1) is 21.3. The van der Waals surface area contributed by atoms with E-state index in [0.29, 0.717) is 22.2 Å². The first-order valence-electron chi connectivity index (χ1n) is 9.20. The molecule has 3 aromatic rings. The van der Waals surface area contributed by atoms with Crippen LogP contribution in [-0.2, 0) is 20.7 Å². The van der Waals surface area contributed by atoms with Crippen molar-refractivity contribution >= 4 is 39.3 Å². The van der Waals surface area contributed by atoms with Gasteiger partial charge in [-0.05, 0) is 30.2 Å². The molecular weight excluding hydrogens is 406 g/mol. The fourth-order valence-corrected chi connectivity index (χ4v) is 3.95. The third-order valence-electron chi connectivity index (χ3n) is 4.38. The van der Waals surface area contributed by atoms with E-state index >= 15 is 0 Å². The highest BCUT2D eigenvalue weighted by atomic mass is 32.1. The molecule has 0 fully saturated rings. The van der Waals surface area contributed by atoms with Crippen molar-refractivity contribution in [2.45, 2.75) is 6.42 Å². The number of benzene rings is 2. The highest BCUT2D eigenvalue weighted by Crippen LogP contribution is 2.38. The van der Waals surface area contributed by atoms with E-state index in [9.17, 15) is 14.4 Å². The number of rotatable bonds is 8. The number of esters is 2. The zero-order chi connectivity index (χ0) is 21.5. The highest BCUT2D eigenvalue weighted by molar-refractivity contribution is 7.21. The van der Waals surface area contributed by atoms with Gasteiger partial charge in [0.2, 0.25) is 0 Å². The Labute approximate surface area is 177 Å². The molecule has 0 aliphatic carbocycles. The average Bonchev–Trinajstić information content (AvgIpc) is 3.15. The molecule has 0 aliphatic rings. The quantitative estimate of drug-likeness (QED) is 0.555. The third kappa shape index (κ3) is 4.96. The molecule has 0 bridgehead atoms. The molecule has 156 valence electrons. The zero-order valence-electron chi connectivity index (χ0n) is 16.6. The first-order valence-corrected chi connectivity index (χ1v) is 10.0. The standard InChI is InChI=1S/C22H21NO6S/c1-27-18(24)13-29-19-16-9-8-15(12-17(16)30-20(19)22(26)28-2)21(25)23-11-10-14-6-4-3-5-7-14/h3-9,12H,10-11,13H2,1-2H3,(H,23,25). The Balaban J connectivity index is 1.78. The lowest BCUT2D eigenvalue weighted by molar-refractivity contribution is -0.142. The van der Waals surface area contributed by atoms with E-state index in [1.165, 1.54) is 14.2 Å². The van der Waals surface area contributed by atoms with Gasteiger partial charge in [0.15, 0.2) is 17.2 Å². The third-order valence-corrected chi connectivity index (χ3v) is 5.50. The summed E-state index contributed by atoms with van der Waals surface area (Å²) in [5.41, 5.74) is 1.61. The van der Waals surface area contributed by atoms with Crippen molar-refractivity contribution in [3.8, 4) is 5.75 Å². The number of thiophene rings is 1. The minimum atomic E-state index is -0.579. The van der Waals surface area contributed by atoms with Crippen LogP contribution in [0.1, 0.15) is 25.6 Å². The van der Waals surface area contributed by atoms with Crippen LogP contribution >= 0.6 is 11.3 Å². The molecule has 7 nitrogen and oxygen atoms in total. The first-order chi connectivity index (χ1) is 14.5. The number of nitrogens with one attached hydrogen (secondary N) is 1. The van der Waals surface area contributed by atoms with Gasteiger partial charge in [-0.1, -0.05) is 30.3 Å². The lowest BCUT2D eigenvalue weighted by Crippen LogP contribution is -2.25. The molecule has 1 heterocycles. The lowest BCUT2D eigenvalue weighted by Gasteiger charge is -2.07. The van der Waals surface area contributed by atoms with Gasteiger partial charge in [-0.2, -0.15) is 0 Å². The van der Waals surface area contributed by atoms with Gasteiger partial charge < -0.3 is 19.5 Å². The summed E-state index contributed by atoms with van der Waals surface area (Å²) in [7, 11) is 2.52. The van der Waals surface area contributed by atoms with E-state index in [2.05, 4.69) is 10.1 Å². The monoisotopic (exact) mass is 427 g/mol. The van der Waals surface area contributed by atoms with Crippen LogP contribution in [0.4, 0.5) is 0 Å². The van der Waals surface area contributed by atoms with Crippen LogP contribution in [0.2, 0.25) is 0 Å². The summed E-state index contributed by atoms with van der Waals surface area (Å²) < 4.78 is 15.6. The molecule has 0 saturated heterocycles. The maximum absolute atomic E-state index is 12.5. The predicted octanol–water partition coefficient (Wildman–Crippen LogP) is 3.21. The van der Waals surface area contributed by atoms with Crippen molar-refractivity contribution in [1.82, 2.24) is 5.32 Å². The minimum Gasteiger partial charge on any atom is -0.479 e. The Bertz CT molecular complexity index is 1060. The average molecular weight is 427 g/mol. The summed E-state index contributed by atoms with van der Waals surface area (Å²) in [4.78, 5) is 36.3. The van der Waals surface area contributed by atoms with Crippen molar-refractivity contribution < 1.29 is 28.6 Å². The molecule has 0 aliphatic heterocycles. The summed E-state index contributed by atoms with van der Waals surface area (Å²) in [6.45, 7) is 0.167. The molecule has 3 rings (SSSR count). The Morgan fingerprint density at radius 2 is 1.77 bits per heavy atom. The van der Waals surface area contributed by atoms with E-state index in [0.717, 1.165) is 23.3 Å². The van der Waals surface area contributed by atoms with Gasteiger partial charge in [-0.3, -0.25) is 4.79 Å². The zero-order valence-corrected chi connectivity index (χ0v) is 17.4. The Morgan fingerprint density at radius 1 is 1.00 bits per heavy atom. The number of fused-ring (bicyclic) bond motifs is 1. The number of carbonyl (C=O) groups excluding carboxylic acids is 3. The smallest absolute Gasteiger partial charge is 0.351 e. The maximum atomic E-state index is 12.5. The van der Waals surface area contributed by atoms with Crippen LogP contribution in [-0.4, -0.2) is 45.2 Å². The molecule has 1 aromatic heterocycles. The van der Waals surface area contributed by atoms with Gasteiger partial charge in [-0.25, -0.2) is 9.59 Å². The molecule has 0 spiro atoms. The molecule has 0 unspecified atom stereocenters. The van der Waals surface area contributed by atoms with E-state index in [1.54, 1.807) is 18.2 Å². The molecule has 0 atom stereocenters. The van der Waals surface area contributed by atoms with Gasteiger partial charge in [0, 0.05) is 22.2 Å². The normalized spacial score (nSPS) is 10.5. The van der Waals surface area contributed by atoms with Gasteiger partial charge in [0.25, 0.3) is 5.91 Å². The van der Waals surface area contributed by atoms with Crippen LogP contribution in [0.5, 0.6) is 5.75 Å². The van der Waals surface area contributed by atoms with Crippen LogP contribution in [0, 0.1) is 0 Å². The maximum Gasteiger partial charge on any atom is 0.351 e. The highest BCUT2D eigenvalue weighted by Gasteiger charge is 2.22. The van der Waals surface area contributed by atoms with Gasteiger partial charge in [-0.15, -0.1) is 11.3 Å². The molecule has 1 amide bonds. The lowest BCUT2D eigenvalue weighted by atomic mass is 10.1. The van der Waals surface area contributed by atoms with E-state index in [-0.39, 0.29) is 23.1 Å². The number of methoxy groups -OCH3 is 2.